The van der Waals surface area contributed by atoms with Crippen LogP contribution in [0.2, 0.25) is 133 Å². The minimum Gasteiger partial charge on any atom is -0.309 e. The Hall–Kier alpha value is -3.60. The molecule has 0 fully saturated rings. The second-order valence-electron chi connectivity index (χ2n) is 49.3. The standard InChI is InChI=1S/C115H198N2Si8/c1-52-95(48)125(93(44)45,94(46)47)108-67-100(66-107(71-108)124(90(38)39,91(40)41)92(42)43)116(97-60-101(118(72(2)3,73(4)5)74(6)7)68-102(61-97)119(75(8)9,76(10)11)77(12)13)113-109-55-53-54-56-110(109)114(112-59-96(115(49,50)51)57-58-111(112)113)117(98-62-103(120(78(14)15,79(16)17)80(18)19)69-104(63-98)121(81(20)21,82(22)23)83(24)25)99-64-105(122(84(26)27,85(28)29)86(30)31)70-106(65-99)123(87(32)33,88(34)35)89(36)37/h53-95H,52H2,1-51H3. The monoisotopic (exact) mass is 1830 g/mol. The summed E-state index contributed by atoms with van der Waals surface area (Å²) in [5.74, 6) is 0. The molecule has 0 heterocycles. The molecule has 10 heteroatoms. The van der Waals surface area contributed by atoms with Crippen LogP contribution in [0.25, 0.3) is 21.5 Å². The van der Waals surface area contributed by atoms with E-state index in [9.17, 15) is 0 Å². The number of nitrogens with zero attached hydrogens (tertiary/aromatic N) is 2. The van der Waals surface area contributed by atoms with Crippen LogP contribution in [0.1, 0.15) is 365 Å². The third-order valence-corrected chi connectivity index (χ3v) is 92.7. The molecule has 0 spiro atoms. The second-order valence-corrected chi connectivity index (χ2v) is 96.4. The average Bonchev–Trinajstić information content (AvgIpc) is 0.707. The van der Waals surface area contributed by atoms with Gasteiger partial charge in [0.05, 0.1) is 76.0 Å². The van der Waals surface area contributed by atoms with Crippen molar-refractivity contribution in [1.29, 1.82) is 0 Å². The number of fused-ring (bicyclic) bond motifs is 2. The maximum Gasteiger partial charge on any atom is 0.0945 e. The Bertz CT molecular complexity index is 4310. The van der Waals surface area contributed by atoms with Gasteiger partial charge in [-0.25, -0.2) is 0 Å². The molecule has 0 aliphatic carbocycles. The van der Waals surface area contributed by atoms with Crippen molar-refractivity contribution in [2.75, 3.05) is 9.80 Å². The van der Waals surface area contributed by atoms with E-state index in [4.69, 9.17) is 0 Å². The summed E-state index contributed by atoms with van der Waals surface area (Å²) < 4.78 is 0. The lowest BCUT2D eigenvalue weighted by Crippen LogP contribution is -2.61. The number of anilines is 6. The first-order chi connectivity index (χ1) is 57.5. The van der Waals surface area contributed by atoms with Crippen molar-refractivity contribution < 1.29 is 0 Å². The smallest absolute Gasteiger partial charge is 0.0945 e. The normalized spacial score (nSPS) is 14.4. The van der Waals surface area contributed by atoms with Gasteiger partial charge in [-0.1, -0.05) is 462 Å². The third kappa shape index (κ3) is 17.7. The molecule has 125 heavy (non-hydrogen) atoms. The van der Waals surface area contributed by atoms with Gasteiger partial charge in [-0.15, -0.1) is 0 Å². The lowest BCUT2D eigenvalue weighted by atomic mass is 9.84. The van der Waals surface area contributed by atoms with Gasteiger partial charge in [0.2, 0.25) is 0 Å². The van der Waals surface area contributed by atoms with E-state index in [0.29, 0.717) is 133 Å². The zero-order valence-corrected chi connectivity index (χ0v) is 99.4. The molecule has 0 radical (unpaired) electrons. The summed E-state index contributed by atoms with van der Waals surface area (Å²) >= 11 is 0. The Morgan fingerprint density at radius 1 is 0.200 bits per heavy atom. The molecule has 0 aliphatic rings. The van der Waals surface area contributed by atoms with Crippen molar-refractivity contribution in [3.63, 3.8) is 0 Å². The van der Waals surface area contributed by atoms with Crippen molar-refractivity contribution in [2.45, 2.75) is 498 Å². The van der Waals surface area contributed by atoms with E-state index in [-0.39, 0.29) is 5.41 Å². The van der Waals surface area contributed by atoms with E-state index in [0.717, 1.165) is 0 Å². The van der Waals surface area contributed by atoms with E-state index in [1.807, 2.05) is 0 Å². The van der Waals surface area contributed by atoms with Gasteiger partial charge in [0, 0.05) is 44.3 Å². The first-order valence-electron chi connectivity index (χ1n) is 51.8. The molecule has 7 rings (SSSR count). The number of rotatable bonds is 39. The van der Waals surface area contributed by atoms with Gasteiger partial charge in [0.25, 0.3) is 0 Å². The zero-order chi connectivity index (χ0) is 95.6. The largest absolute Gasteiger partial charge is 0.309 e. The SMILES string of the molecule is CCC(C)[Si](c1cc(N(c2cc([Si](C(C)C)(C(C)C)C(C)C)cc([Si](C(C)C)(C(C)C)C(C)C)c2)c2c3ccccc3c(N(c3cc([Si](C(C)C)(C(C)C)C(C)C)cc([Si](C(C)C)(C(C)C)C(C)C)c3)c3cc([Si](C(C)C)(C(C)C)C(C)C)cc([Si](C(C)C)(C(C)C)C(C)C)c3)c3cc(C(C)(C)C)ccc23)cc([Si](C(C)C)(C(C)C)C(C)C)c1)(C(C)C)C(C)C. The summed E-state index contributed by atoms with van der Waals surface area (Å²) in [6, 6.07) is 53.5. The van der Waals surface area contributed by atoms with E-state index in [2.05, 4.69) is 478 Å². The minimum atomic E-state index is -2.48. The maximum absolute atomic E-state index is 3.08. The highest BCUT2D eigenvalue weighted by Crippen LogP contribution is 2.58. The van der Waals surface area contributed by atoms with Crippen molar-refractivity contribution >= 4 is 162 Å². The molecule has 0 amide bonds. The number of benzene rings is 7. The van der Waals surface area contributed by atoms with Crippen LogP contribution in [0.4, 0.5) is 34.1 Å². The predicted octanol–water partition coefficient (Wildman–Crippen LogP) is 35.7. The van der Waals surface area contributed by atoms with Crippen LogP contribution in [0, 0.1) is 0 Å². The van der Waals surface area contributed by atoms with Gasteiger partial charge < -0.3 is 9.80 Å². The Balaban J connectivity index is 2.18. The van der Waals surface area contributed by atoms with Gasteiger partial charge in [0.1, 0.15) is 0 Å². The van der Waals surface area contributed by atoms with Crippen LogP contribution in [-0.4, -0.2) is 64.6 Å². The lowest BCUT2D eigenvalue weighted by Gasteiger charge is -2.49. The molecular formula is C115H198N2Si8. The fraction of sp³-hybridized carbons (Fsp3) is 0.670. The van der Waals surface area contributed by atoms with Gasteiger partial charge in [-0.2, -0.15) is 0 Å². The van der Waals surface area contributed by atoms with Gasteiger partial charge in [0.15, 0.2) is 0 Å². The highest BCUT2D eigenvalue weighted by Gasteiger charge is 2.56. The lowest BCUT2D eigenvalue weighted by molar-refractivity contribution is 0.591. The van der Waals surface area contributed by atoms with Crippen LogP contribution in [0.15, 0.2) is 115 Å². The fourth-order valence-electron chi connectivity index (χ4n) is 33.0. The topological polar surface area (TPSA) is 6.48 Å². The molecule has 0 N–H and O–H groups in total. The zero-order valence-electron chi connectivity index (χ0n) is 91.4. The molecule has 2 nitrogen and oxygen atoms in total. The highest BCUT2D eigenvalue weighted by atomic mass is 28.3. The van der Waals surface area contributed by atoms with E-state index < -0.39 is 64.6 Å². The summed E-state index contributed by atoms with van der Waals surface area (Å²) in [4.78, 5) is 6.16. The summed E-state index contributed by atoms with van der Waals surface area (Å²) in [6.45, 7) is 134. The highest BCUT2D eigenvalue weighted by molar-refractivity contribution is 7.01. The fourth-order valence-corrected chi connectivity index (χ4v) is 88.1. The molecule has 700 valence electrons. The van der Waals surface area contributed by atoms with Crippen molar-refractivity contribution in [3.8, 4) is 0 Å². The molecule has 1 atom stereocenters. The van der Waals surface area contributed by atoms with Gasteiger partial charge in [-0.05, 0) is 199 Å². The Kier molecular flexibility index (Phi) is 35.3. The van der Waals surface area contributed by atoms with Crippen LogP contribution in [0.3, 0.4) is 0 Å². The molecule has 0 aliphatic heterocycles. The summed E-state index contributed by atoms with van der Waals surface area (Å²) in [5.41, 5.74) is 21.5. The van der Waals surface area contributed by atoms with Gasteiger partial charge in [-0.3, -0.25) is 0 Å². The van der Waals surface area contributed by atoms with Crippen LogP contribution in [0.5, 0.6) is 0 Å². The summed E-state index contributed by atoms with van der Waals surface area (Å²) in [6.07, 6.45) is 1.17. The minimum absolute atomic E-state index is 0.191. The Morgan fingerprint density at radius 3 is 0.520 bits per heavy atom. The average molecular weight is 1830 g/mol. The van der Waals surface area contributed by atoms with Crippen LogP contribution < -0.4 is 51.3 Å². The van der Waals surface area contributed by atoms with E-state index >= 15 is 0 Å². The van der Waals surface area contributed by atoms with Crippen molar-refractivity contribution in [1.82, 2.24) is 0 Å². The molecule has 7 aromatic rings. The molecule has 7 aromatic carbocycles. The van der Waals surface area contributed by atoms with E-state index in [1.54, 1.807) is 41.5 Å². The predicted molar refractivity (Wildman–Crippen MR) is 600 cm³/mol. The first-order valence-corrected chi connectivity index (χ1v) is 69.6. The van der Waals surface area contributed by atoms with Crippen LogP contribution >= 0.6 is 0 Å². The summed E-state index contributed by atoms with van der Waals surface area (Å²) in [7, 11) is -19.7. The molecule has 0 aromatic heterocycles. The molecule has 0 bridgehead atoms. The number of hydrogen-bond donors (Lipinski definition) is 0. The van der Waals surface area contributed by atoms with Crippen molar-refractivity contribution in [2.24, 2.45) is 0 Å². The van der Waals surface area contributed by atoms with Crippen LogP contribution in [-0.2, 0) is 5.41 Å². The maximum atomic E-state index is 3.08. The van der Waals surface area contributed by atoms with E-state index in [1.165, 1.54) is 67.7 Å². The molecule has 0 saturated carbocycles. The third-order valence-electron chi connectivity index (χ3n) is 36.4. The molecular weight excluding hydrogens is 1630 g/mol. The van der Waals surface area contributed by atoms with Gasteiger partial charge >= 0.3 is 0 Å². The number of hydrogen-bond acceptors (Lipinski definition) is 2. The quantitative estimate of drug-likeness (QED) is 0.0215. The van der Waals surface area contributed by atoms with Crippen molar-refractivity contribution in [3.05, 3.63) is 121 Å². The first kappa shape index (κ1) is 108. The molecule has 0 saturated heterocycles. The Morgan fingerprint density at radius 2 is 0.360 bits per heavy atom. The Labute approximate surface area is 784 Å². The molecule has 1 unspecified atom stereocenters. The summed E-state index contributed by atoms with van der Waals surface area (Å²) in [5, 5.41) is 18.8. The second kappa shape index (κ2) is 40.7.